The van der Waals surface area contributed by atoms with Crippen LogP contribution in [0.25, 0.3) is 0 Å². The molecule has 3 rings (SSSR count). The number of aliphatic hydroxyl groups is 1. The number of rotatable bonds is 3. The van der Waals surface area contributed by atoms with Crippen LogP contribution in [0.3, 0.4) is 0 Å². The Bertz CT molecular complexity index is 676. The van der Waals surface area contributed by atoms with Gasteiger partial charge >= 0.3 is 0 Å². The number of β-amino-alcohol motifs (C(OH)–C–C–N with tert-alkyl or cyclic N) is 1. The minimum Gasteiger partial charge on any atom is -0.507 e. The molecule has 136 valence electrons. The summed E-state index contributed by atoms with van der Waals surface area (Å²) in [6, 6.07) is 4.12. The van der Waals surface area contributed by atoms with Crippen LogP contribution in [-0.2, 0) is 12.0 Å². The van der Waals surface area contributed by atoms with Gasteiger partial charge in [0, 0.05) is 42.3 Å². The molecule has 2 heterocycles. The molecule has 5 nitrogen and oxygen atoms in total. The first-order chi connectivity index (χ1) is 11.8. The maximum Gasteiger partial charge on any atom is 0.123 e. The monoisotopic (exact) mass is 343 g/mol. The molecule has 2 aliphatic heterocycles. The Hall–Kier alpha value is -1.85. The maximum atomic E-state index is 10.9. The van der Waals surface area contributed by atoms with E-state index in [4.69, 9.17) is 0 Å². The average Bonchev–Trinajstić information content (AvgIpc) is 2.56. The number of aromatic hydroxyl groups is 1. The molecule has 0 bridgehead atoms. The normalized spacial score (nSPS) is 21.8. The number of hydrogen-bond acceptors (Lipinski definition) is 5. The molecule has 2 N–H and O–H groups in total. The van der Waals surface area contributed by atoms with Gasteiger partial charge < -0.3 is 15.1 Å². The third-order valence-electron chi connectivity index (χ3n) is 4.88. The van der Waals surface area contributed by atoms with Gasteiger partial charge in [-0.2, -0.15) is 0 Å². The summed E-state index contributed by atoms with van der Waals surface area (Å²) in [5, 5.41) is 20.8. The second kappa shape index (κ2) is 7.18. The van der Waals surface area contributed by atoms with Gasteiger partial charge in [0.15, 0.2) is 0 Å². The van der Waals surface area contributed by atoms with Gasteiger partial charge in [-0.05, 0) is 43.0 Å². The summed E-state index contributed by atoms with van der Waals surface area (Å²) in [6.45, 7) is 9.22. The number of hydrogen-bond donors (Lipinski definition) is 2. The molecular formula is C20H29N3O2. The first-order valence-electron chi connectivity index (χ1n) is 9.04. The van der Waals surface area contributed by atoms with Crippen LogP contribution in [0.2, 0.25) is 0 Å². The van der Waals surface area contributed by atoms with Gasteiger partial charge in [-0.15, -0.1) is 0 Å². The van der Waals surface area contributed by atoms with E-state index in [2.05, 4.69) is 47.7 Å². The minimum atomic E-state index is -0.263. The van der Waals surface area contributed by atoms with Gasteiger partial charge in [-0.3, -0.25) is 9.89 Å². The van der Waals surface area contributed by atoms with E-state index in [9.17, 15) is 10.2 Å². The Morgan fingerprint density at radius 1 is 1.28 bits per heavy atom. The number of benzene rings is 1. The molecule has 1 aromatic rings. The Morgan fingerprint density at radius 3 is 2.72 bits per heavy atom. The van der Waals surface area contributed by atoms with Gasteiger partial charge in [0.05, 0.1) is 6.10 Å². The molecule has 0 saturated carbocycles. The molecule has 1 unspecified atom stereocenters. The van der Waals surface area contributed by atoms with Crippen molar-refractivity contribution in [3.8, 4) is 5.75 Å². The van der Waals surface area contributed by atoms with E-state index in [1.807, 2.05) is 12.3 Å². The van der Waals surface area contributed by atoms with Gasteiger partial charge in [0.2, 0.25) is 0 Å². The fourth-order valence-corrected chi connectivity index (χ4v) is 3.50. The van der Waals surface area contributed by atoms with Crippen molar-refractivity contribution in [2.45, 2.75) is 51.7 Å². The van der Waals surface area contributed by atoms with Crippen LogP contribution < -0.4 is 4.90 Å². The fourth-order valence-electron chi connectivity index (χ4n) is 3.50. The zero-order chi connectivity index (χ0) is 18.0. The Kier molecular flexibility index (Phi) is 5.16. The van der Waals surface area contributed by atoms with Crippen LogP contribution in [0.1, 0.15) is 44.7 Å². The zero-order valence-corrected chi connectivity index (χ0v) is 15.4. The lowest BCUT2D eigenvalue weighted by molar-refractivity contribution is 0.0664. The SMILES string of the molecule is CC(C)(C)c1cc(N2C=CC=NC2)cc(CN2CCCC(O)C2)c1O. The lowest BCUT2D eigenvalue weighted by Gasteiger charge is -2.32. The van der Waals surface area contributed by atoms with E-state index in [1.54, 1.807) is 6.21 Å². The number of piperidine rings is 1. The van der Waals surface area contributed by atoms with Crippen molar-refractivity contribution in [3.05, 3.63) is 35.5 Å². The van der Waals surface area contributed by atoms with Crippen molar-refractivity contribution in [2.24, 2.45) is 4.99 Å². The Labute approximate surface area is 150 Å². The van der Waals surface area contributed by atoms with E-state index in [1.165, 1.54) is 0 Å². The highest BCUT2D eigenvalue weighted by atomic mass is 16.3. The topological polar surface area (TPSA) is 59.3 Å². The molecule has 1 aromatic carbocycles. The predicted molar refractivity (Wildman–Crippen MR) is 102 cm³/mol. The van der Waals surface area contributed by atoms with Crippen LogP contribution in [0.5, 0.6) is 5.75 Å². The lowest BCUT2D eigenvalue weighted by atomic mass is 9.84. The predicted octanol–water partition coefficient (Wildman–Crippen LogP) is 3.01. The molecule has 0 aromatic heterocycles. The van der Waals surface area contributed by atoms with Crippen molar-refractivity contribution in [2.75, 3.05) is 24.7 Å². The van der Waals surface area contributed by atoms with Crippen molar-refractivity contribution < 1.29 is 10.2 Å². The van der Waals surface area contributed by atoms with Gasteiger partial charge in [-0.1, -0.05) is 20.8 Å². The van der Waals surface area contributed by atoms with E-state index < -0.39 is 0 Å². The van der Waals surface area contributed by atoms with Crippen molar-refractivity contribution >= 4 is 11.9 Å². The van der Waals surface area contributed by atoms with E-state index >= 15 is 0 Å². The molecule has 1 saturated heterocycles. The molecule has 1 fully saturated rings. The molecule has 0 amide bonds. The highest BCUT2D eigenvalue weighted by Gasteiger charge is 2.25. The first-order valence-corrected chi connectivity index (χ1v) is 9.04. The number of allylic oxidation sites excluding steroid dienone is 1. The molecule has 2 aliphatic rings. The Balaban J connectivity index is 1.94. The van der Waals surface area contributed by atoms with Crippen LogP contribution in [0.15, 0.2) is 29.4 Å². The smallest absolute Gasteiger partial charge is 0.123 e. The summed E-state index contributed by atoms with van der Waals surface area (Å²) in [7, 11) is 0. The molecule has 1 atom stereocenters. The molecule has 25 heavy (non-hydrogen) atoms. The molecule has 0 radical (unpaired) electrons. The summed E-state index contributed by atoms with van der Waals surface area (Å²) in [5.41, 5.74) is 2.75. The standard InChI is InChI=1S/C20H29N3O2/c1-20(2,3)18-11-16(23-9-5-7-21-14-23)10-15(19(18)25)12-22-8-4-6-17(24)13-22/h5,7,9-11,17,24-25H,4,6,8,12-14H2,1-3H3. The molecular weight excluding hydrogens is 314 g/mol. The second-order valence-corrected chi connectivity index (χ2v) is 8.07. The second-order valence-electron chi connectivity index (χ2n) is 8.07. The summed E-state index contributed by atoms with van der Waals surface area (Å²) in [5.74, 6) is 0.376. The third-order valence-corrected chi connectivity index (χ3v) is 4.88. The van der Waals surface area contributed by atoms with E-state index in [0.29, 0.717) is 25.5 Å². The summed E-state index contributed by atoms with van der Waals surface area (Å²) < 4.78 is 0. The van der Waals surface area contributed by atoms with E-state index in [-0.39, 0.29) is 11.5 Å². The average molecular weight is 343 g/mol. The number of likely N-dealkylation sites (tertiary alicyclic amines) is 1. The third kappa shape index (κ3) is 4.22. The van der Waals surface area contributed by atoms with Crippen molar-refractivity contribution in [1.82, 2.24) is 4.90 Å². The van der Waals surface area contributed by atoms with Crippen LogP contribution >= 0.6 is 0 Å². The fraction of sp³-hybridized carbons (Fsp3) is 0.550. The first kappa shape index (κ1) is 18.0. The van der Waals surface area contributed by atoms with Gasteiger partial charge in [-0.25, -0.2) is 0 Å². The van der Waals surface area contributed by atoms with Crippen LogP contribution in [0.4, 0.5) is 5.69 Å². The molecule has 0 aliphatic carbocycles. The van der Waals surface area contributed by atoms with Gasteiger partial charge in [0.25, 0.3) is 0 Å². The maximum absolute atomic E-state index is 10.9. The highest BCUT2D eigenvalue weighted by Crippen LogP contribution is 2.38. The zero-order valence-electron chi connectivity index (χ0n) is 15.4. The van der Waals surface area contributed by atoms with Crippen LogP contribution in [-0.4, -0.2) is 47.2 Å². The molecule has 5 heteroatoms. The number of aliphatic imine (C=N–C) groups is 1. The number of nitrogens with zero attached hydrogens (tertiary/aromatic N) is 3. The number of aliphatic hydroxyl groups excluding tert-OH is 1. The summed E-state index contributed by atoms with van der Waals surface area (Å²) >= 11 is 0. The Morgan fingerprint density at radius 2 is 2.08 bits per heavy atom. The number of anilines is 1. The largest absolute Gasteiger partial charge is 0.507 e. The highest BCUT2D eigenvalue weighted by molar-refractivity contribution is 5.74. The van der Waals surface area contributed by atoms with Crippen LogP contribution in [0, 0.1) is 0 Å². The van der Waals surface area contributed by atoms with Gasteiger partial charge in [0.1, 0.15) is 12.4 Å². The number of phenolic OH excluding ortho intramolecular Hbond substituents is 1. The van der Waals surface area contributed by atoms with Crippen molar-refractivity contribution in [3.63, 3.8) is 0 Å². The summed E-state index contributed by atoms with van der Waals surface area (Å²) in [4.78, 5) is 8.62. The number of phenols is 1. The lowest BCUT2D eigenvalue weighted by Crippen LogP contribution is -2.37. The minimum absolute atomic E-state index is 0.154. The van der Waals surface area contributed by atoms with E-state index in [0.717, 1.165) is 36.2 Å². The van der Waals surface area contributed by atoms with Crippen molar-refractivity contribution in [1.29, 1.82) is 0 Å². The summed E-state index contributed by atoms with van der Waals surface area (Å²) in [6.07, 6.45) is 7.34. The quantitative estimate of drug-likeness (QED) is 0.886. The molecule has 0 spiro atoms.